The highest BCUT2D eigenvalue weighted by Gasteiger charge is 2.51. The van der Waals surface area contributed by atoms with Crippen molar-refractivity contribution >= 4 is 24.3 Å². The van der Waals surface area contributed by atoms with Gasteiger partial charge in [-0.15, -0.1) is 0 Å². The van der Waals surface area contributed by atoms with E-state index in [1.54, 1.807) is 25.3 Å². The lowest BCUT2D eigenvalue weighted by Crippen LogP contribution is -2.53. The van der Waals surface area contributed by atoms with E-state index in [2.05, 4.69) is 4.98 Å². The molecule has 3 rings (SSSR count). The van der Waals surface area contributed by atoms with Gasteiger partial charge in [-0.1, -0.05) is 6.07 Å². The van der Waals surface area contributed by atoms with Gasteiger partial charge in [-0.2, -0.15) is 0 Å². The quantitative estimate of drug-likeness (QED) is 0.521. The van der Waals surface area contributed by atoms with Crippen molar-refractivity contribution in [3.8, 4) is 0 Å². The highest BCUT2D eigenvalue weighted by atomic mass is 16.7. The third-order valence-corrected chi connectivity index (χ3v) is 5.83. The zero-order chi connectivity index (χ0) is 20.5. The molecule has 0 aromatic carbocycles. The van der Waals surface area contributed by atoms with E-state index in [1.807, 2.05) is 44.7 Å². The molecule has 0 atom stereocenters. The van der Waals surface area contributed by atoms with Crippen LogP contribution in [-0.2, 0) is 23.6 Å². The van der Waals surface area contributed by atoms with Crippen LogP contribution in [0.1, 0.15) is 27.7 Å². The van der Waals surface area contributed by atoms with E-state index in [-0.39, 0.29) is 23.7 Å². The summed E-state index contributed by atoms with van der Waals surface area (Å²) in [5.41, 5.74) is 0.0956. The number of anilines is 1. The molecule has 28 heavy (non-hydrogen) atoms. The SMILES string of the molecule is COC(CN1CCN(c2ccc(B3OC(C)(C)C(C)(C)O3)cn2)CC1=O)OC. The number of carbonyl (C=O) groups is 1. The molecular weight excluding hydrogens is 361 g/mol. The number of piperazine rings is 1. The van der Waals surface area contributed by atoms with E-state index in [0.717, 1.165) is 11.3 Å². The summed E-state index contributed by atoms with van der Waals surface area (Å²) in [6.45, 7) is 10.1. The molecule has 9 heteroatoms. The minimum absolute atomic E-state index is 0.0298. The number of ether oxygens (including phenoxy) is 2. The van der Waals surface area contributed by atoms with Crippen LogP contribution in [0, 0.1) is 0 Å². The lowest BCUT2D eigenvalue weighted by Gasteiger charge is -2.36. The number of carbonyl (C=O) groups excluding carboxylic acids is 1. The molecule has 0 N–H and O–H groups in total. The first-order valence-electron chi connectivity index (χ1n) is 9.57. The Morgan fingerprint density at radius 1 is 1.14 bits per heavy atom. The van der Waals surface area contributed by atoms with Crippen molar-refractivity contribution in [1.82, 2.24) is 9.88 Å². The number of nitrogens with zero attached hydrogens (tertiary/aromatic N) is 3. The Balaban J connectivity index is 1.62. The van der Waals surface area contributed by atoms with Crippen molar-refractivity contribution in [2.45, 2.75) is 45.2 Å². The number of amides is 1. The fourth-order valence-electron chi connectivity index (χ4n) is 3.23. The summed E-state index contributed by atoms with van der Waals surface area (Å²) in [6, 6.07) is 3.86. The number of methoxy groups -OCH3 is 2. The Morgan fingerprint density at radius 2 is 1.79 bits per heavy atom. The standard InChI is InChI=1S/C19H30BN3O5/c1-18(2)19(3,4)28-20(27-18)14-7-8-15(21-11-14)22-9-10-23(16(24)12-22)13-17(25-5)26-6/h7-8,11,17H,9-10,12-13H2,1-6H3. The fourth-order valence-corrected chi connectivity index (χ4v) is 3.23. The third kappa shape index (κ3) is 4.17. The first-order valence-corrected chi connectivity index (χ1v) is 9.57. The van der Waals surface area contributed by atoms with Gasteiger partial charge in [0.05, 0.1) is 24.3 Å². The predicted octanol–water partition coefficient (Wildman–Crippen LogP) is 0.648. The molecule has 0 bridgehead atoms. The molecule has 8 nitrogen and oxygen atoms in total. The molecule has 3 heterocycles. The summed E-state index contributed by atoms with van der Waals surface area (Å²) in [5, 5.41) is 0. The van der Waals surface area contributed by atoms with Crippen LogP contribution in [0.4, 0.5) is 5.82 Å². The van der Waals surface area contributed by atoms with Gasteiger partial charge in [0.15, 0.2) is 6.29 Å². The molecule has 1 aromatic rings. The van der Waals surface area contributed by atoms with Crippen LogP contribution < -0.4 is 10.4 Å². The Bertz CT molecular complexity index is 677. The van der Waals surface area contributed by atoms with Crippen LogP contribution in [0.25, 0.3) is 0 Å². The Labute approximate surface area is 167 Å². The molecule has 154 valence electrons. The second-order valence-electron chi connectivity index (χ2n) is 8.20. The molecule has 0 radical (unpaired) electrons. The summed E-state index contributed by atoms with van der Waals surface area (Å²) < 4.78 is 22.5. The second kappa shape index (κ2) is 7.98. The topological polar surface area (TPSA) is 73.4 Å². The molecule has 0 saturated carbocycles. The van der Waals surface area contributed by atoms with Crippen LogP contribution in [0.3, 0.4) is 0 Å². The van der Waals surface area contributed by atoms with E-state index >= 15 is 0 Å². The van der Waals surface area contributed by atoms with Gasteiger partial charge >= 0.3 is 7.12 Å². The average molecular weight is 391 g/mol. The van der Waals surface area contributed by atoms with Gasteiger partial charge in [0.1, 0.15) is 5.82 Å². The highest BCUT2D eigenvalue weighted by Crippen LogP contribution is 2.36. The number of hydrogen-bond acceptors (Lipinski definition) is 7. The van der Waals surface area contributed by atoms with Crippen molar-refractivity contribution in [2.75, 3.05) is 45.3 Å². The molecular formula is C19H30BN3O5. The highest BCUT2D eigenvalue weighted by molar-refractivity contribution is 6.62. The molecule has 1 aromatic heterocycles. The van der Waals surface area contributed by atoms with Gasteiger partial charge in [0.2, 0.25) is 5.91 Å². The number of aromatic nitrogens is 1. The number of hydrogen-bond donors (Lipinski definition) is 0. The molecule has 2 aliphatic heterocycles. The van der Waals surface area contributed by atoms with Gasteiger partial charge in [0.25, 0.3) is 0 Å². The van der Waals surface area contributed by atoms with Crippen LogP contribution in [0.2, 0.25) is 0 Å². The molecule has 0 unspecified atom stereocenters. The van der Waals surface area contributed by atoms with Gasteiger partial charge in [-0.05, 0) is 33.8 Å². The smallest absolute Gasteiger partial charge is 0.399 e. The molecule has 2 saturated heterocycles. The number of pyridine rings is 1. The zero-order valence-electron chi connectivity index (χ0n) is 17.6. The average Bonchev–Trinajstić information content (AvgIpc) is 2.88. The minimum atomic E-state index is -0.440. The minimum Gasteiger partial charge on any atom is -0.399 e. The third-order valence-electron chi connectivity index (χ3n) is 5.83. The van der Waals surface area contributed by atoms with E-state index in [4.69, 9.17) is 18.8 Å². The van der Waals surface area contributed by atoms with Gasteiger partial charge in [-0.25, -0.2) is 4.98 Å². The molecule has 0 aliphatic carbocycles. The number of rotatable bonds is 6. The lowest BCUT2D eigenvalue weighted by molar-refractivity contribution is -0.145. The van der Waals surface area contributed by atoms with Gasteiger partial charge < -0.3 is 28.6 Å². The van der Waals surface area contributed by atoms with E-state index in [0.29, 0.717) is 19.6 Å². The van der Waals surface area contributed by atoms with Crippen molar-refractivity contribution in [3.05, 3.63) is 18.3 Å². The molecule has 0 spiro atoms. The summed E-state index contributed by atoms with van der Waals surface area (Å²) in [5.74, 6) is 0.797. The van der Waals surface area contributed by atoms with Crippen LogP contribution in [0.5, 0.6) is 0 Å². The van der Waals surface area contributed by atoms with E-state index in [9.17, 15) is 4.79 Å². The summed E-state index contributed by atoms with van der Waals surface area (Å²) in [6.07, 6.45) is 1.35. The Hall–Kier alpha value is -1.68. The maximum atomic E-state index is 12.5. The van der Waals surface area contributed by atoms with Crippen LogP contribution >= 0.6 is 0 Å². The summed E-state index contributed by atoms with van der Waals surface area (Å²) in [4.78, 5) is 20.7. The van der Waals surface area contributed by atoms with Crippen molar-refractivity contribution in [3.63, 3.8) is 0 Å². The fraction of sp³-hybridized carbons (Fsp3) is 0.684. The maximum Gasteiger partial charge on any atom is 0.496 e. The monoisotopic (exact) mass is 391 g/mol. The van der Waals surface area contributed by atoms with Gasteiger partial charge in [0, 0.05) is 39.0 Å². The van der Waals surface area contributed by atoms with Gasteiger partial charge in [-0.3, -0.25) is 4.79 Å². The summed E-state index contributed by atoms with van der Waals surface area (Å²) >= 11 is 0. The summed E-state index contributed by atoms with van der Waals surface area (Å²) in [7, 11) is 2.70. The van der Waals surface area contributed by atoms with Crippen molar-refractivity contribution in [2.24, 2.45) is 0 Å². The molecule has 2 aliphatic rings. The van der Waals surface area contributed by atoms with Crippen molar-refractivity contribution < 1.29 is 23.6 Å². The van der Waals surface area contributed by atoms with Crippen LogP contribution in [-0.4, -0.2) is 80.8 Å². The Kier molecular flexibility index (Phi) is 6.00. The maximum absolute atomic E-state index is 12.5. The van der Waals surface area contributed by atoms with E-state index in [1.165, 1.54) is 0 Å². The normalized spacial score (nSPS) is 21.7. The first-order chi connectivity index (χ1) is 13.2. The molecule has 1 amide bonds. The Morgan fingerprint density at radius 3 is 2.29 bits per heavy atom. The molecule has 2 fully saturated rings. The largest absolute Gasteiger partial charge is 0.496 e. The zero-order valence-corrected chi connectivity index (χ0v) is 17.6. The van der Waals surface area contributed by atoms with Crippen molar-refractivity contribution in [1.29, 1.82) is 0 Å². The lowest BCUT2D eigenvalue weighted by atomic mass is 9.80. The van der Waals surface area contributed by atoms with Crippen LogP contribution in [0.15, 0.2) is 18.3 Å². The first kappa shape index (κ1) is 21.0. The second-order valence-corrected chi connectivity index (χ2v) is 8.20. The predicted molar refractivity (Wildman–Crippen MR) is 107 cm³/mol. The van der Waals surface area contributed by atoms with E-state index < -0.39 is 13.4 Å².